The van der Waals surface area contributed by atoms with E-state index < -0.39 is 17.9 Å². The van der Waals surface area contributed by atoms with E-state index in [4.69, 9.17) is 14.6 Å². The van der Waals surface area contributed by atoms with Crippen molar-refractivity contribution in [2.45, 2.75) is 32.6 Å². The van der Waals surface area contributed by atoms with Crippen molar-refractivity contribution in [2.75, 3.05) is 24.7 Å². The van der Waals surface area contributed by atoms with Gasteiger partial charge in [0.2, 0.25) is 0 Å². The van der Waals surface area contributed by atoms with Crippen LogP contribution in [0.1, 0.15) is 30.6 Å². The summed E-state index contributed by atoms with van der Waals surface area (Å²) in [6.07, 6.45) is 3.10. The van der Waals surface area contributed by atoms with Crippen LogP contribution in [-0.4, -0.2) is 37.0 Å². The number of amides is 1. The summed E-state index contributed by atoms with van der Waals surface area (Å²) in [5.41, 5.74) is 0.432. The molecule has 1 amide bonds. The zero-order valence-electron chi connectivity index (χ0n) is 16.9. The number of aliphatic carboxylic acids is 1. The van der Waals surface area contributed by atoms with Crippen molar-refractivity contribution in [2.24, 2.45) is 11.8 Å². The van der Waals surface area contributed by atoms with Crippen LogP contribution in [0, 0.1) is 24.6 Å². The molecule has 0 unspecified atom stereocenters. The third kappa shape index (κ3) is 6.27. The number of anilines is 2. The highest BCUT2D eigenvalue weighted by Gasteiger charge is 2.26. The first-order valence-electron chi connectivity index (χ1n) is 10.0. The first-order chi connectivity index (χ1) is 14.4. The van der Waals surface area contributed by atoms with Gasteiger partial charge in [0.15, 0.2) is 0 Å². The smallest absolute Gasteiger partial charge is 0.419 e. The topological polar surface area (TPSA) is 76.1 Å². The summed E-state index contributed by atoms with van der Waals surface area (Å²) in [6, 6.07) is 9.65. The third-order valence-corrected chi connectivity index (χ3v) is 6.17. The number of rotatable bonds is 8. The number of ether oxygens (including phenoxy) is 2. The van der Waals surface area contributed by atoms with Gasteiger partial charge in [0.05, 0.1) is 18.9 Å². The summed E-state index contributed by atoms with van der Waals surface area (Å²) in [7, 11) is 0. The fourth-order valence-electron chi connectivity index (χ4n) is 3.61. The van der Waals surface area contributed by atoms with Crippen molar-refractivity contribution in [1.82, 2.24) is 0 Å². The lowest BCUT2D eigenvalue weighted by atomic mass is 9.83. The summed E-state index contributed by atoms with van der Waals surface area (Å²) in [5, 5.41) is 9.32. The molecule has 3 rings (SSSR count). The molecule has 0 saturated heterocycles. The van der Waals surface area contributed by atoms with E-state index in [0.717, 1.165) is 30.6 Å². The van der Waals surface area contributed by atoms with Crippen LogP contribution in [0.3, 0.4) is 0 Å². The number of nitrogens with zero attached hydrogens (tertiary/aromatic N) is 1. The minimum Gasteiger partial charge on any atom is -0.480 e. The highest BCUT2D eigenvalue weighted by molar-refractivity contribution is 7.16. The molecule has 1 N–H and O–H groups in total. The third-order valence-electron chi connectivity index (χ3n) is 5.18. The molecule has 1 heterocycles. The number of carboxylic acids is 1. The zero-order valence-corrected chi connectivity index (χ0v) is 17.7. The maximum atomic E-state index is 13.7. The molecule has 0 spiro atoms. The molecule has 1 saturated carbocycles. The van der Waals surface area contributed by atoms with Crippen LogP contribution >= 0.6 is 11.3 Å². The average Bonchev–Trinajstić information content (AvgIpc) is 3.13. The van der Waals surface area contributed by atoms with Gasteiger partial charge in [-0.3, -0.25) is 0 Å². The quantitative estimate of drug-likeness (QED) is 0.603. The Morgan fingerprint density at radius 2 is 1.83 bits per heavy atom. The van der Waals surface area contributed by atoms with Crippen molar-refractivity contribution in [3.8, 4) is 0 Å². The first-order valence-corrected chi connectivity index (χ1v) is 10.8. The summed E-state index contributed by atoms with van der Waals surface area (Å²) >= 11 is 1.44. The van der Waals surface area contributed by atoms with E-state index in [0.29, 0.717) is 29.8 Å². The van der Waals surface area contributed by atoms with E-state index >= 15 is 0 Å². The lowest BCUT2D eigenvalue weighted by Crippen LogP contribution is -2.29. The molecule has 1 aromatic carbocycles. The molecule has 8 heteroatoms. The largest absolute Gasteiger partial charge is 0.480 e. The Kier molecular flexibility index (Phi) is 7.81. The van der Waals surface area contributed by atoms with Crippen molar-refractivity contribution in [3.05, 3.63) is 47.1 Å². The van der Waals surface area contributed by atoms with E-state index in [1.54, 1.807) is 12.1 Å². The fourth-order valence-corrected chi connectivity index (χ4v) is 4.48. The second-order valence-corrected chi connectivity index (χ2v) is 8.84. The highest BCUT2D eigenvalue weighted by Crippen LogP contribution is 2.34. The minimum atomic E-state index is -0.959. The van der Waals surface area contributed by atoms with E-state index in [2.05, 4.69) is 0 Å². The predicted molar refractivity (Wildman–Crippen MR) is 113 cm³/mol. The molecule has 0 atom stereocenters. The van der Waals surface area contributed by atoms with Crippen molar-refractivity contribution in [1.29, 1.82) is 0 Å². The van der Waals surface area contributed by atoms with Gasteiger partial charge in [0.25, 0.3) is 0 Å². The second kappa shape index (κ2) is 10.5. The van der Waals surface area contributed by atoms with Crippen LogP contribution in [-0.2, 0) is 14.3 Å². The Morgan fingerprint density at radius 3 is 2.43 bits per heavy atom. The molecule has 0 aliphatic heterocycles. The number of carbonyl (C=O) groups is 2. The maximum Gasteiger partial charge on any atom is 0.419 e. The van der Waals surface area contributed by atoms with E-state index in [1.165, 1.54) is 28.4 Å². The number of aryl methyl sites for hydroxylation is 1. The molecule has 2 aromatic rings. The minimum absolute atomic E-state index is 0.254. The van der Waals surface area contributed by atoms with Crippen LogP contribution in [0.2, 0.25) is 0 Å². The van der Waals surface area contributed by atoms with E-state index in [-0.39, 0.29) is 12.5 Å². The second-order valence-electron chi connectivity index (χ2n) is 7.57. The van der Waals surface area contributed by atoms with Crippen LogP contribution in [0.25, 0.3) is 0 Å². The van der Waals surface area contributed by atoms with Gasteiger partial charge in [-0.2, -0.15) is 0 Å². The van der Waals surface area contributed by atoms with Crippen molar-refractivity contribution < 1.29 is 28.6 Å². The lowest BCUT2D eigenvalue weighted by molar-refractivity contribution is -0.142. The number of carboxylic acid groups (broad SMARTS) is 1. The lowest BCUT2D eigenvalue weighted by Gasteiger charge is -2.28. The maximum absolute atomic E-state index is 13.7. The Hall–Kier alpha value is -2.45. The normalized spacial score (nSPS) is 18.7. The molecule has 1 aliphatic carbocycles. The molecule has 1 aliphatic rings. The van der Waals surface area contributed by atoms with Gasteiger partial charge >= 0.3 is 12.1 Å². The Morgan fingerprint density at radius 1 is 1.13 bits per heavy atom. The monoisotopic (exact) mass is 435 g/mol. The molecule has 30 heavy (non-hydrogen) atoms. The van der Waals surface area contributed by atoms with Crippen LogP contribution in [0.4, 0.5) is 19.9 Å². The van der Waals surface area contributed by atoms with Gasteiger partial charge in [-0.25, -0.2) is 18.9 Å². The van der Waals surface area contributed by atoms with Crippen LogP contribution in [0.15, 0.2) is 36.4 Å². The van der Waals surface area contributed by atoms with E-state index in [9.17, 15) is 14.0 Å². The van der Waals surface area contributed by atoms with Gasteiger partial charge in [-0.05, 0) is 74.8 Å². The first kappa shape index (κ1) is 22.2. The van der Waals surface area contributed by atoms with Gasteiger partial charge in [-0.15, -0.1) is 11.3 Å². The molecular weight excluding hydrogens is 409 g/mol. The molecular formula is C22H26FNO5S. The molecule has 0 bridgehead atoms. The van der Waals surface area contributed by atoms with Crippen LogP contribution < -0.4 is 4.90 Å². The predicted octanol–water partition coefficient (Wildman–Crippen LogP) is 5.38. The summed E-state index contributed by atoms with van der Waals surface area (Å²) < 4.78 is 24.5. The zero-order chi connectivity index (χ0) is 21.5. The number of benzene rings is 1. The molecule has 1 aromatic heterocycles. The van der Waals surface area contributed by atoms with Crippen molar-refractivity contribution in [3.63, 3.8) is 0 Å². The number of hydrogen-bond acceptors (Lipinski definition) is 5. The van der Waals surface area contributed by atoms with Gasteiger partial charge in [-0.1, -0.05) is 6.07 Å². The summed E-state index contributed by atoms with van der Waals surface area (Å²) in [6.45, 7) is 2.43. The van der Waals surface area contributed by atoms with Gasteiger partial charge < -0.3 is 14.6 Å². The molecule has 6 nitrogen and oxygen atoms in total. The Bertz CT molecular complexity index is 863. The molecule has 0 radical (unpaired) electrons. The van der Waals surface area contributed by atoms with Gasteiger partial charge in [0.1, 0.15) is 17.4 Å². The van der Waals surface area contributed by atoms with Crippen molar-refractivity contribution >= 4 is 34.1 Å². The molecule has 1 fully saturated rings. The number of halogens is 1. The Labute approximate surface area is 179 Å². The molecule has 162 valence electrons. The highest BCUT2D eigenvalue weighted by atomic mass is 32.1. The van der Waals surface area contributed by atoms with E-state index in [1.807, 2.05) is 19.1 Å². The Balaban J connectivity index is 1.55. The SMILES string of the molecule is Cc1ccc(N(C(=O)OC[C@H]2CC[C@H](COCC(=O)O)CC2)c2cccc(F)c2)s1. The van der Waals surface area contributed by atoms with Crippen LogP contribution in [0.5, 0.6) is 0 Å². The number of carbonyl (C=O) groups excluding carboxylic acids is 1. The summed E-state index contributed by atoms with van der Waals surface area (Å²) in [4.78, 5) is 25.9. The standard InChI is InChI=1S/C22H26FNO5S/c1-15-5-10-20(30-15)24(19-4-2-3-18(23)11-19)22(27)29-13-17-8-6-16(7-9-17)12-28-14-21(25)26/h2-5,10-11,16-17H,6-9,12-14H2,1H3,(H,25,26)/t16-,17-. The van der Waals surface area contributed by atoms with Gasteiger partial charge in [0, 0.05) is 4.88 Å². The number of thiophene rings is 1. The average molecular weight is 436 g/mol. The number of hydrogen-bond donors (Lipinski definition) is 1. The summed E-state index contributed by atoms with van der Waals surface area (Å²) in [5.74, 6) is -0.778. The fraction of sp³-hybridized carbons (Fsp3) is 0.455.